The summed E-state index contributed by atoms with van der Waals surface area (Å²) >= 11 is 0. The minimum Gasteiger partial charge on any atom is -0.434 e. The van der Waals surface area contributed by atoms with Gasteiger partial charge in [0.15, 0.2) is 0 Å². The van der Waals surface area contributed by atoms with E-state index >= 15 is 0 Å². The van der Waals surface area contributed by atoms with Crippen molar-refractivity contribution in [3.8, 4) is 0 Å². The van der Waals surface area contributed by atoms with Gasteiger partial charge in [0, 0.05) is 0 Å². The molecule has 0 aliphatic carbocycles. The first kappa shape index (κ1) is 29.3. The average Bonchev–Trinajstić information content (AvgIpc) is 2.75. The molecule has 0 aromatic carbocycles. The highest BCUT2D eigenvalue weighted by Crippen LogP contribution is 2.14. The summed E-state index contributed by atoms with van der Waals surface area (Å²) in [5, 5.41) is 0. The summed E-state index contributed by atoms with van der Waals surface area (Å²) in [6.45, 7) is 5.47. The summed E-state index contributed by atoms with van der Waals surface area (Å²) in [4.78, 5) is 11.4. The summed E-state index contributed by atoms with van der Waals surface area (Å²) < 4.78 is 10.2. The summed E-state index contributed by atoms with van der Waals surface area (Å²) in [5.74, 6) is 0. The van der Waals surface area contributed by atoms with Crippen LogP contribution < -0.4 is 0 Å². The SMILES string of the molecule is CCCCCCCCCCCCCCCCCCCCOC(=O)OCCCCCC. The molecule has 3 nitrogen and oxygen atoms in total. The highest BCUT2D eigenvalue weighted by molar-refractivity contribution is 5.59. The maximum atomic E-state index is 11.4. The maximum absolute atomic E-state index is 11.4. The van der Waals surface area contributed by atoms with Crippen molar-refractivity contribution < 1.29 is 14.3 Å². The van der Waals surface area contributed by atoms with Crippen molar-refractivity contribution in [1.29, 1.82) is 0 Å². The number of ether oxygens (including phenoxy) is 2. The van der Waals surface area contributed by atoms with E-state index in [-0.39, 0.29) is 0 Å². The predicted octanol–water partition coefficient (Wildman–Crippen LogP) is 9.76. The Balaban J connectivity index is 3.08. The minimum absolute atomic E-state index is 0.488. The first-order valence-electron chi connectivity index (χ1n) is 13.6. The second-order valence-electron chi connectivity index (χ2n) is 9.02. The molecule has 0 bridgehead atoms. The Hall–Kier alpha value is -0.730. The minimum atomic E-state index is -0.488. The van der Waals surface area contributed by atoms with Crippen LogP contribution in [0.5, 0.6) is 0 Å². The van der Waals surface area contributed by atoms with Crippen LogP contribution in [0.2, 0.25) is 0 Å². The third-order valence-electron chi connectivity index (χ3n) is 5.94. The van der Waals surface area contributed by atoms with Gasteiger partial charge in [0.2, 0.25) is 0 Å². The molecule has 0 amide bonds. The first-order valence-corrected chi connectivity index (χ1v) is 13.6. The van der Waals surface area contributed by atoms with Crippen LogP contribution in [0.4, 0.5) is 4.79 Å². The monoisotopic (exact) mass is 426 g/mol. The smallest absolute Gasteiger partial charge is 0.434 e. The fraction of sp³-hybridized carbons (Fsp3) is 0.963. The van der Waals surface area contributed by atoms with Gasteiger partial charge in [-0.15, -0.1) is 0 Å². The molecule has 0 saturated carbocycles. The van der Waals surface area contributed by atoms with Crippen molar-refractivity contribution in [1.82, 2.24) is 0 Å². The Kier molecular flexibility index (Phi) is 25.7. The van der Waals surface area contributed by atoms with Crippen LogP contribution in [0, 0.1) is 0 Å². The zero-order chi connectivity index (χ0) is 22.0. The summed E-state index contributed by atoms with van der Waals surface area (Å²) in [6, 6.07) is 0. The molecular weight excluding hydrogens is 372 g/mol. The van der Waals surface area contributed by atoms with Crippen molar-refractivity contribution in [3.05, 3.63) is 0 Å². The largest absolute Gasteiger partial charge is 0.508 e. The summed E-state index contributed by atoms with van der Waals surface area (Å²) in [6.07, 6.45) is 28.6. The molecule has 180 valence electrons. The molecule has 0 aromatic rings. The number of carbonyl (C=O) groups excluding carboxylic acids is 1. The van der Waals surface area contributed by atoms with Crippen LogP contribution in [0.1, 0.15) is 155 Å². The van der Waals surface area contributed by atoms with Crippen LogP contribution in [0.15, 0.2) is 0 Å². The van der Waals surface area contributed by atoms with Crippen LogP contribution in [-0.2, 0) is 9.47 Å². The first-order chi connectivity index (χ1) is 14.8. The highest BCUT2D eigenvalue weighted by atomic mass is 16.7. The molecule has 0 aliphatic heterocycles. The molecule has 0 rings (SSSR count). The Morgan fingerprint density at radius 1 is 0.400 bits per heavy atom. The van der Waals surface area contributed by atoms with Gasteiger partial charge in [-0.1, -0.05) is 142 Å². The molecule has 0 atom stereocenters. The Labute approximate surface area is 189 Å². The standard InChI is InChI=1S/C27H54O3/c1-3-5-7-9-10-11-12-13-14-15-16-17-18-19-20-21-22-24-26-30-27(28)29-25-23-8-6-4-2/h3-26H2,1-2H3. The van der Waals surface area contributed by atoms with Crippen LogP contribution >= 0.6 is 0 Å². The van der Waals surface area contributed by atoms with E-state index in [0.29, 0.717) is 13.2 Å². The van der Waals surface area contributed by atoms with Gasteiger partial charge in [0.1, 0.15) is 0 Å². The third-order valence-corrected chi connectivity index (χ3v) is 5.94. The Morgan fingerprint density at radius 3 is 0.933 bits per heavy atom. The lowest BCUT2D eigenvalue weighted by Gasteiger charge is -2.06. The van der Waals surface area contributed by atoms with E-state index in [1.165, 1.54) is 116 Å². The second-order valence-corrected chi connectivity index (χ2v) is 9.02. The predicted molar refractivity (Wildman–Crippen MR) is 130 cm³/mol. The maximum Gasteiger partial charge on any atom is 0.508 e. The lowest BCUT2D eigenvalue weighted by atomic mass is 10.0. The lowest BCUT2D eigenvalue weighted by Crippen LogP contribution is -2.09. The molecule has 0 unspecified atom stereocenters. The van der Waals surface area contributed by atoms with Crippen LogP contribution in [-0.4, -0.2) is 19.4 Å². The number of unbranched alkanes of at least 4 members (excludes halogenated alkanes) is 20. The van der Waals surface area contributed by atoms with E-state index in [2.05, 4.69) is 13.8 Å². The fourth-order valence-electron chi connectivity index (χ4n) is 3.89. The Morgan fingerprint density at radius 2 is 0.633 bits per heavy atom. The van der Waals surface area contributed by atoms with Gasteiger partial charge >= 0.3 is 6.16 Å². The number of hydrogen-bond donors (Lipinski definition) is 0. The van der Waals surface area contributed by atoms with Crippen molar-refractivity contribution in [2.24, 2.45) is 0 Å². The van der Waals surface area contributed by atoms with Gasteiger partial charge in [-0.05, 0) is 12.8 Å². The van der Waals surface area contributed by atoms with E-state index in [1.807, 2.05) is 0 Å². The molecule has 0 saturated heterocycles. The number of hydrogen-bond acceptors (Lipinski definition) is 3. The van der Waals surface area contributed by atoms with E-state index in [9.17, 15) is 4.79 Å². The van der Waals surface area contributed by atoms with Gasteiger partial charge < -0.3 is 9.47 Å². The third kappa shape index (κ3) is 25.3. The molecule has 0 aliphatic rings. The van der Waals surface area contributed by atoms with Crippen molar-refractivity contribution >= 4 is 6.16 Å². The molecule has 0 heterocycles. The number of carbonyl (C=O) groups is 1. The fourth-order valence-corrected chi connectivity index (χ4v) is 3.89. The highest BCUT2D eigenvalue weighted by Gasteiger charge is 2.02. The molecule has 30 heavy (non-hydrogen) atoms. The lowest BCUT2D eigenvalue weighted by molar-refractivity contribution is 0.0529. The van der Waals surface area contributed by atoms with Crippen LogP contribution in [0.3, 0.4) is 0 Å². The molecule has 0 fully saturated rings. The molecule has 0 radical (unpaired) electrons. The van der Waals surface area contributed by atoms with Crippen molar-refractivity contribution in [2.75, 3.05) is 13.2 Å². The van der Waals surface area contributed by atoms with Gasteiger partial charge in [0.05, 0.1) is 13.2 Å². The van der Waals surface area contributed by atoms with Gasteiger partial charge in [-0.3, -0.25) is 0 Å². The zero-order valence-electron chi connectivity index (χ0n) is 20.7. The van der Waals surface area contributed by atoms with Gasteiger partial charge in [-0.2, -0.15) is 0 Å². The van der Waals surface area contributed by atoms with Gasteiger partial charge in [-0.25, -0.2) is 4.79 Å². The van der Waals surface area contributed by atoms with Gasteiger partial charge in [0.25, 0.3) is 0 Å². The summed E-state index contributed by atoms with van der Waals surface area (Å²) in [5.41, 5.74) is 0. The average molecular weight is 427 g/mol. The summed E-state index contributed by atoms with van der Waals surface area (Å²) in [7, 11) is 0. The molecule has 0 aromatic heterocycles. The van der Waals surface area contributed by atoms with E-state index in [4.69, 9.17) is 9.47 Å². The Bertz CT molecular complexity index is 330. The van der Waals surface area contributed by atoms with Crippen molar-refractivity contribution in [2.45, 2.75) is 155 Å². The van der Waals surface area contributed by atoms with E-state index in [0.717, 1.165) is 25.7 Å². The van der Waals surface area contributed by atoms with Crippen LogP contribution in [0.25, 0.3) is 0 Å². The normalized spacial score (nSPS) is 11.0. The second kappa shape index (κ2) is 26.3. The van der Waals surface area contributed by atoms with E-state index in [1.54, 1.807) is 0 Å². The molecule has 0 spiro atoms. The quantitative estimate of drug-likeness (QED) is 0.114. The van der Waals surface area contributed by atoms with E-state index < -0.39 is 6.16 Å². The molecular formula is C27H54O3. The topological polar surface area (TPSA) is 35.5 Å². The zero-order valence-corrected chi connectivity index (χ0v) is 20.7. The number of rotatable bonds is 24. The molecule has 3 heteroatoms. The van der Waals surface area contributed by atoms with Crippen molar-refractivity contribution in [3.63, 3.8) is 0 Å². The molecule has 0 N–H and O–H groups in total.